The Morgan fingerprint density at radius 1 is 0.958 bits per heavy atom. The van der Waals surface area contributed by atoms with Crippen LogP contribution in [0.4, 0.5) is 0 Å². The second-order valence-electron chi connectivity index (χ2n) is 7.48. The summed E-state index contributed by atoms with van der Waals surface area (Å²) in [6.07, 6.45) is 0. The maximum atomic E-state index is 12.8. The number of rotatable bonds is 4. The molecule has 0 atom stereocenters. The van der Waals surface area contributed by atoms with Crippen LogP contribution in [-0.4, -0.2) is 17.2 Å². The zero-order chi connectivity index (χ0) is 18.1. The number of hydrogen-bond donors (Lipinski definition) is 0. The molecule has 0 saturated carbocycles. The van der Waals surface area contributed by atoms with E-state index < -0.39 is 8.07 Å². The van der Waals surface area contributed by atoms with E-state index in [4.69, 9.17) is 0 Å². The number of aromatic nitrogens is 2. The van der Waals surface area contributed by atoms with Crippen molar-refractivity contribution in [3.63, 3.8) is 0 Å². The van der Waals surface area contributed by atoms with E-state index in [9.17, 15) is 4.79 Å². The Labute approximate surface area is 146 Å². The predicted octanol–water partition coefficient (Wildman–Crippen LogP) is 4.85. The van der Waals surface area contributed by atoms with Gasteiger partial charge in [0.25, 0.3) is 0 Å². The maximum absolute atomic E-state index is 12.8. The minimum Gasteiger partial charge on any atom is -0.291 e. The average Bonchev–Trinajstić information content (AvgIpc) is 2.78. The van der Waals surface area contributed by atoms with Gasteiger partial charge >= 0.3 is 5.69 Å². The third-order valence-electron chi connectivity index (χ3n) is 5.40. The van der Waals surface area contributed by atoms with Gasteiger partial charge < -0.3 is 0 Å². The van der Waals surface area contributed by atoms with Crippen molar-refractivity contribution >= 4 is 19.1 Å². The van der Waals surface area contributed by atoms with Gasteiger partial charge in [-0.05, 0) is 35.7 Å². The van der Waals surface area contributed by atoms with Crippen molar-refractivity contribution in [2.24, 2.45) is 0 Å². The lowest BCUT2D eigenvalue weighted by Crippen LogP contribution is -2.43. The van der Waals surface area contributed by atoms with Crippen molar-refractivity contribution in [1.82, 2.24) is 9.13 Å². The molecule has 4 heteroatoms. The van der Waals surface area contributed by atoms with Gasteiger partial charge in [-0.2, -0.15) is 0 Å². The van der Waals surface area contributed by atoms with Crippen LogP contribution in [0.5, 0.6) is 0 Å². The van der Waals surface area contributed by atoms with Crippen LogP contribution in [0.1, 0.15) is 48.5 Å². The van der Waals surface area contributed by atoms with Crippen molar-refractivity contribution in [3.05, 3.63) is 34.7 Å². The quantitative estimate of drug-likeness (QED) is 0.576. The molecule has 2 rings (SSSR count). The first kappa shape index (κ1) is 18.6. The van der Waals surface area contributed by atoms with Crippen LogP contribution in [0.15, 0.2) is 29.1 Å². The molecule has 0 spiro atoms. The summed E-state index contributed by atoms with van der Waals surface area (Å²) in [6, 6.07) is 11.2. The zero-order valence-corrected chi connectivity index (χ0v) is 17.1. The SMILES string of the molecule is CCn1c(=O)n(C#C[Si](C(C)C)(C(C)C)C(C)C)c2ccccc21. The second-order valence-corrected chi connectivity index (χ2v) is 13.1. The van der Waals surface area contributed by atoms with Crippen LogP contribution < -0.4 is 5.69 Å². The van der Waals surface area contributed by atoms with E-state index in [2.05, 4.69) is 53.1 Å². The monoisotopic (exact) mass is 342 g/mol. The Morgan fingerprint density at radius 2 is 1.46 bits per heavy atom. The lowest BCUT2D eigenvalue weighted by Gasteiger charge is -2.37. The molecule has 0 aliphatic carbocycles. The van der Waals surface area contributed by atoms with Gasteiger partial charge in [-0.25, -0.2) is 9.36 Å². The first-order valence-electron chi connectivity index (χ1n) is 9.00. The Morgan fingerprint density at radius 3 is 1.92 bits per heavy atom. The van der Waals surface area contributed by atoms with Crippen molar-refractivity contribution in [1.29, 1.82) is 0 Å². The van der Waals surface area contributed by atoms with E-state index >= 15 is 0 Å². The Bertz CT molecular complexity index is 809. The number of fused-ring (bicyclic) bond motifs is 1. The molecular weight excluding hydrogens is 312 g/mol. The summed E-state index contributed by atoms with van der Waals surface area (Å²) in [5.74, 6) is 0. The van der Waals surface area contributed by atoms with Crippen molar-refractivity contribution in [3.8, 4) is 11.6 Å². The number of hydrogen-bond acceptors (Lipinski definition) is 1. The summed E-state index contributed by atoms with van der Waals surface area (Å²) in [6.45, 7) is 16.4. The highest BCUT2D eigenvalue weighted by Crippen LogP contribution is 2.40. The molecule has 0 amide bonds. The third kappa shape index (κ3) is 2.86. The zero-order valence-electron chi connectivity index (χ0n) is 16.1. The second kappa shape index (κ2) is 7.02. The van der Waals surface area contributed by atoms with Crippen molar-refractivity contribution in [2.75, 3.05) is 0 Å². The molecule has 1 aromatic carbocycles. The topological polar surface area (TPSA) is 26.9 Å². The van der Waals surface area contributed by atoms with Crippen LogP contribution in [0.3, 0.4) is 0 Å². The van der Waals surface area contributed by atoms with Gasteiger partial charge in [0, 0.05) is 12.6 Å². The molecule has 0 radical (unpaired) electrons. The van der Waals surface area contributed by atoms with E-state index in [-0.39, 0.29) is 5.69 Å². The predicted molar refractivity (Wildman–Crippen MR) is 106 cm³/mol. The largest absolute Gasteiger partial charge is 0.341 e. The van der Waals surface area contributed by atoms with Crippen LogP contribution in [0, 0.1) is 11.6 Å². The standard InChI is InChI=1S/C20H30N2OSi/c1-8-21-18-11-9-10-12-19(18)22(20(21)23)13-14-24(15(2)3,16(4)5)17(6)7/h9-12,15-17H,8H2,1-7H3. The minimum atomic E-state index is -1.85. The highest BCUT2D eigenvalue weighted by molar-refractivity contribution is 6.90. The molecule has 1 heterocycles. The summed E-state index contributed by atoms with van der Waals surface area (Å²) >= 11 is 0. The summed E-state index contributed by atoms with van der Waals surface area (Å²) in [7, 11) is -1.85. The van der Waals surface area contributed by atoms with Crippen LogP contribution in [0.2, 0.25) is 16.6 Å². The van der Waals surface area contributed by atoms with Crippen LogP contribution in [-0.2, 0) is 6.54 Å². The molecule has 0 unspecified atom stereocenters. The van der Waals surface area contributed by atoms with Gasteiger partial charge in [0.2, 0.25) is 0 Å². The summed E-state index contributed by atoms with van der Waals surface area (Å²) < 4.78 is 3.46. The van der Waals surface area contributed by atoms with Gasteiger partial charge in [0.1, 0.15) is 8.07 Å². The fourth-order valence-electron chi connectivity index (χ4n) is 4.21. The highest BCUT2D eigenvalue weighted by atomic mass is 28.3. The first-order chi connectivity index (χ1) is 11.3. The van der Waals surface area contributed by atoms with E-state index in [0.717, 1.165) is 11.0 Å². The smallest absolute Gasteiger partial charge is 0.291 e. The van der Waals surface area contributed by atoms with E-state index in [1.54, 1.807) is 9.13 Å². The molecule has 3 nitrogen and oxygen atoms in total. The summed E-state index contributed by atoms with van der Waals surface area (Å²) in [4.78, 5) is 12.8. The number of nitrogens with zero attached hydrogens (tertiary/aromatic N) is 2. The van der Waals surface area contributed by atoms with Crippen LogP contribution in [0.25, 0.3) is 11.0 Å². The van der Waals surface area contributed by atoms with Crippen LogP contribution >= 0.6 is 0 Å². The van der Waals surface area contributed by atoms with Gasteiger partial charge in [-0.1, -0.05) is 53.7 Å². The molecule has 2 aromatic rings. The summed E-state index contributed by atoms with van der Waals surface area (Å²) in [5, 5.41) is 0. The Kier molecular flexibility index (Phi) is 5.44. The van der Waals surface area contributed by atoms with E-state index in [1.165, 1.54) is 0 Å². The lowest BCUT2D eigenvalue weighted by molar-refractivity contribution is 0.738. The molecule has 0 aliphatic heterocycles. The fourth-order valence-corrected chi connectivity index (χ4v) is 9.38. The van der Waals surface area contributed by atoms with E-state index in [0.29, 0.717) is 23.2 Å². The molecule has 0 N–H and O–H groups in total. The number of benzene rings is 1. The molecule has 0 bridgehead atoms. The third-order valence-corrected chi connectivity index (χ3v) is 11.7. The maximum Gasteiger partial charge on any atom is 0.341 e. The highest BCUT2D eigenvalue weighted by Gasteiger charge is 2.41. The molecule has 0 fully saturated rings. The molecular formula is C20H30N2OSi. The lowest BCUT2D eigenvalue weighted by atomic mass is 10.3. The van der Waals surface area contributed by atoms with Gasteiger partial charge in [-0.15, -0.1) is 5.54 Å². The van der Waals surface area contributed by atoms with Gasteiger partial charge in [0.05, 0.1) is 11.0 Å². The summed E-state index contributed by atoms with van der Waals surface area (Å²) in [5.41, 5.74) is 7.18. The van der Waals surface area contributed by atoms with Gasteiger partial charge in [-0.3, -0.25) is 4.57 Å². The fraction of sp³-hybridized carbons (Fsp3) is 0.550. The average molecular weight is 343 g/mol. The number of imidazole rings is 1. The van der Waals surface area contributed by atoms with Crippen molar-refractivity contribution < 1.29 is 0 Å². The molecule has 1 aromatic heterocycles. The number of para-hydroxylation sites is 2. The van der Waals surface area contributed by atoms with Gasteiger partial charge in [0.15, 0.2) is 0 Å². The van der Waals surface area contributed by atoms with Crippen molar-refractivity contribution in [2.45, 2.75) is 71.6 Å². The first-order valence-corrected chi connectivity index (χ1v) is 11.2. The molecule has 130 valence electrons. The molecule has 0 saturated heterocycles. The Balaban J connectivity index is 2.72. The normalized spacial score (nSPS) is 12.2. The van der Waals surface area contributed by atoms with E-state index in [1.807, 2.05) is 31.2 Å². The minimum absolute atomic E-state index is 0.0228. The molecule has 24 heavy (non-hydrogen) atoms. The number of aryl methyl sites for hydroxylation is 1. The Hall–Kier alpha value is -1.73. The molecule has 0 aliphatic rings.